The molecule has 0 amide bonds. The molecule has 0 saturated carbocycles. The largest absolute Gasteiger partial charge is 0.405 e. The maximum atomic E-state index is 13.0. The fourth-order valence-electron chi connectivity index (χ4n) is 1.85. The van der Waals surface area contributed by atoms with Crippen LogP contribution in [0.5, 0.6) is 0 Å². The lowest BCUT2D eigenvalue weighted by Gasteiger charge is -2.33. The molecule has 104 valence electrons. The molecule has 2 N–H and O–H groups in total. The summed E-state index contributed by atoms with van der Waals surface area (Å²) in [6, 6.07) is -2.53. The molecule has 0 bridgehead atoms. The normalized spacial score (nSPS) is 16.0. The summed E-state index contributed by atoms with van der Waals surface area (Å²) in [4.78, 5) is 6.14. The lowest BCUT2D eigenvalue weighted by molar-refractivity contribution is -0.187. The molecule has 0 aliphatic carbocycles. The molecule has 0 fully saturated rings. The molecular formula is C11H18F3N3S. The van der Waals surface area contributed by atoms with Crippen molar-refractivity contribution >= 4 is 11.3 Å². The Morgan fingerprint density at radius 2 is 2.11 bits per heavy atom. The Labute approximate surface area is 109 Å². The number of thiazole rings is 1. The summed E-state index contributed by atoms with van der Waals surface area (Å²) in [6.07, 6.45) is -4.03. The Morgan fingerprint density at radius 3 is 2.50 bits per heavy atom. The zero-order valence-electron chi connectivity index (χ0n) is 10.7. The van der Waals surface area contributed by atoms with Gasteiger partial charge in [0, 0.05) is 17.5 Å². The minimum Gasteiger partial charge on any atom is -0.326 e. The molecular weight excluding hydrogens is 263 g/mol. The third kappa shape index (κ3) is 3.66. The Balaban J connectivity index is 2.83. The summed E-state index contributed by atoms with van der Waals surface area (Å²) in [5.74, 6) is 0. The predicted octanol–water partition coefficient (Wildman–Crippen LogP) is 2.55. The van der Waals surface area contributed by atoms with Crippen LogP contribution in [0.25, 0.3) is 0 Å². The molecule has 18 heavy (non-hydrogen) atoms. The van der Waals surface area contributed by atoms with E-state index in [2.05, 4.69) is 4.98 Å². The van der Waals surface area contributed by atoms with E-state index in [9.17, 15) is 13.2 Å². The summed E-state index contributed by atoms with van der Waals surface area (Å²) in [5, 5.41) is 0. The van der Waals surface area contributed by atoms with E-state index in [-0.39, 0.29) is 13.0 Å². The standard InChI is InChI=1S/C11H18F3N3S/c1-4-8(15)10(11(12,13)14)17(3)5-9-7(2)16-6-18-9/h6,8,10H,4-5,15H2,1-3H3. The first-order chi connectivity index (χ1) is 8.27. The second kappa shape index (κ2) is 5.99. The van der Waals surface area contributed by atoms with E-state index in [0.29, 0.717) is 0 Å². The summed E-state index contributed by atoms with van der Waals surface area (Å²) in [7, 11) is 1.45. The van der Waals surface area contributed by atoms with E-state index in [1.54, 1.807) is 19.4 Å². The van der Waals surface area contributed by atoms with Crippen LogP contribution in [-0.4, -0.2) is 35.2 Å². The molecule has 1 heterocycles. The third-order valence-electron chi connectivity index (χ3n) is 2.93. The van der Waals surface area contributed by atoms with Gasteiger partial charge in [-0.3, -0.25) is 4.90 Å². The van der Waals surface area contributed by atoms with Crippen molar-refractivity contribution in [3.63, 3.8) is 0 Å². The molecule has 0 aliphatic rings. The number of rotatable bonds is 5. The fraction of sp³-hybridized carbons (Fsp3) is 0.727. The SMILES string of the molecule is CCC(N)C(N(C)Cc1scnc1C)C(F)(F)F. The van der Waals surface area contributed by atoms with E-state index in [1.165, 1.54) is 23.3 Å². The molecule has 1 rings (SSSR count). The highest BCUT2D eigenvalue weighted by atomic mass is 32.1. The van der Waals surface area contributed by atoms with Gasteiger partial charge >= 0.3 is 6.18 Å². The Bertz CT molecular complexity index is 378. The first kappa shape index (κ1) is 15.4. The predicted molar refractivity (Wildman–Crippen MR) is 66.4 cm³/mol. The molecule has 1 aromatic rings. The molecule has 0 saturated heterocycles. The lowest BCUT2D eigenvalue weighted by atomic mass is 10.0. The molecule has 7 heteroatoms. The molecule has 2 atom stereocenters. The van der Waals surface area contributed by atoms with E-state index >= 15 is 0 Å². The third-order valence-corrected chi connectivity index (χ3v) is 3.84. The van der Waals surface area contributed by atoms with E-state index in [4.69, 9.17) is 5.73 Å². The van der Waals surface area contributed by atoms with E-state index in [0.717, 1.165) is 10.6 Å². The first-order valence-electron chi connectivity index (χ1n) is 5.68. The van der Waals surface area contributed by atoms with Crippen LogP contribution in [0.3, 0.4) is 0 Å². The van der Waals surface area contributed by atoms with Gasteiger partial charge in [0.25, 0.3) is 0 Å². The number of nitrogens with two attached hydrogens (primary N) is 1. The summed E-state index contributed by atoms with van der Waals surface area (Å²) >= 11 is 1.36. The number of hydrogen-bond acceptors (Lipinski definition) is 4. The molecule has 0 spiro atoms. The zero-order valence-corrected chi connectivity index (χ0v) is 11.5. The number of aromatic nitrogens is 1. The highest BCUT2D eigenvalue weighted by Crippen LogP contribution is 2.28. The van der Waals surface area contributed by atoms with Crippen molar-refractivity contribution in [3.05, 3.63) is 16.1 Å². The van der Waals surface area contributed by atoms with Crippen LogP contribution < -0.4 is 5.73 Å². The van der Waals surface area contributed by atoms with Gasteiger partial charge in [0.1, 0.15) is 6.04 Å². The van der Waals surface area contributed by atoms with Gasteiger partial charge in [0.2, 0.25) is 0 Å². The summed E-state index contributed by atoms with van der Waals surface area (Å²) < 4.78 is 39.0. The van der Waals surface area contributed by atoms with Crippen molar-refractivity contribution in [1.29, 1.82) is 0 Å². The van der Waals surface area contributed by atoms with Crippen molar-refractivity contribution in [2.75, 3.05) is 7.05 Å². The van der Waals surface area contributed by atoms with Crippen LogP contribution in [0.15, 0.2) is 5.51 Å². The maximum absolute atomic E-state index is 13.0. The highest BCUT2D eigenvalue weighted by molar-refractivity contribution is 7.09. The number of likely N-dealkylation sites (N-methyl/N-ethyl adjacent to an activating group) is 1. The quantitative estimate of drug-likeness (QED) is 0.902. The lowest BCUT2D eigenvalue weighted by Crippen LogP contribution is -2.54. The molecule has 0 radical (unpaired) electrons. The maximum Gasteiger partial charge on any atom is 0.405 e. The number of nitrogens with zero attached hydrogens (tertiary/aromatic N) is 2. The molecule has 0 aliphatic heterocycles. The van der Waals surface area contributed by atoms with Crippen molar-refractivity contribution in [3.8, 4) is 0 Å². The number of halogens is 3. The van der Waals surface area contributed by atoms with Crippen molar-refractivity contribution in [1.82, 2.24) is 9.88 Å². The van der Waals surface area contributed by atoms with Gasteiger partial charge in [-0.25, -0.2) is 4.98 Å². The zero-order chi connectivity index (χ0) is 13.9. The van der Waals surface area contributed by atoms with Crippen LogP contribution in [0.4, 0.5) is 13.2 Å². The topological polar surface area (TPSA) is 42.1 Å². The number of hydrogen-bond donors (Lipinski definition) is 1. The van der Waals surface area contributed by atoms with Crippen LogP contribution >= 0.6 is 11.3 Å². The van der Waals surface area contributed by atoms with Crippen LogP contribution in [0, 0.1) is 6.92 Å². The van der Waals surface area contributed by atoms with Crippen LogP contribution in [0.2, 0.25) is 0 Å². The van der Waals surface area contributed by atoms with Gasteiger partial charge in [-0.15, -0.1) is 11.3 Å². The molecule has 0 aromatic carbocycles. The molecule has 2 unspecified atom stereocenters. The van der Waals surface area contributed by atoms with Crippen molar-refractivity contribution < 1.29 is 13.2 Å². The second-order valence-corrected chi connectivity index (χ2v) is 5.27. The number of alkyl halides is 3. The smallest absolute Gasteiger partial charge is 0.326 e. The van der Waals surface area contributed by atoms with Crippen molar-refractivity contribution in [2.45, 2.75) is 45.1 Å². The van der Waals surface area contributed by atoms with Gasteiger partial charge in [-0.05, 0) is 20.4 Å². The molecule has 3 nitrogen and oxygen atoms in total. The second-order valence-electron chi connectivity index (χ2n) is 4.33. The average Bonchev–Trinajstić information content (AvgIpc) is 2.62. The monoisotopic (exact) mass is 281 g/mol. The Kier molecular flexibility index (Phi) is 5.12. The summed E-state index contributed by atoms with van der Waals surface area (Å²) in [6.45, 7) is 3.67. The minimum absolute atomic E-state index is 0.217. The summed E-state index contributed by atoms with van der Waals surface area (Å²) in [5.41, 5.74) is 8.01. The van der Waals surface area contributed by atoms with E-state index in [1.807, 2.05) is 0 Å². The number of aryl methyl sites for hydroxylation is 1. The van der Waals surface area contributed by atoms with Crippen LogP contribution in [0.1, 0.15) is 23.9 Å². The highest BCUT2D eigenvalue weighted by Gasteiger charge is 2.45. The Hall–Kier alpha value is -0.660. The van der Waals surface area contributed by atoms with Gasteiger partial charge in [0.15, 0.2) is 0 Å². The van der Waals surface area contributed by atoms with E-state index < -0.39 is 18.3 Å². The Morgan fingerprint density at radius 1 is 1.50 bits per heavy atom. The first-order valence-corrected chi connectivity index (χ1v) is 6.56. The van der Waals surface area contributed by atoms with Crippen LogP contribution in [-0.2, 0) is 6.54 Å². The average molecular weight is 281 g/mol. The minimum atomic E-state index is -4.32. The molecule has 1 aromatic heterocycles. The van der Waals surface area contributed by atoms with Gasteiger partial charge in [-0.1, -0.05) is 6.92 Å². The fourth-order valence-corrected chi connectivity index (χ4v) is 2.69. The van der Waals surface area contributed by atoms with Gasteiger partial charge in [0.05, 0.1) is 11.2 Å². The van der Waals surface area contributed by atoms with Gasteiger partial charge in [-0.2, -0.15) is 13.2 Å². The van der Waals surface area contributed by atoms with Gasteiger partial charge < -0.3 is 5.73 Å². The van der Waals surface area contributed by atoms with Crippen molar-refractivity contribution in [2.24, 2.45) is 5.73 Å².